The highest BCUT2D eigenvalue weighted by Crippen LogP contribution is 2.45. The van der Waals surface area contributed by atoms with Crippen molar-refractivity contribution in [2.75, 3.05) is 66.1 Å². The van der Waals surface area contributed by atoms with Crippen molar-refractivity contribution < 1.29 is 172 Å². The van der Waals surface area contributed by atoms with Crippen molar-refractivity contribution in [2.45, 2.75) is 228 Å². The Morgan fingerprint density at radius 3 is 1.06 bits per heavy atom. The Balaban J connectivity index is 1.19. The Hall–Kier alpha value is -10.1. The quantitative estimate of drug-likeness (QED) is 0.0143. The molecule has 3 aliphatic heterocycles. The lowest BCUT2D eigenvalue weighted by atomic mass is 9.95. The first-order valence-electron chi connectivity index (χ1n) is 43.4. The summed E-state index contributed by atoms with van der Waals surface area (Å²) >= 11 is 53.6. The molecule has 0 saturated carbocycles. The number of carboxylic acid groups (broad SMARTS) is 1. The zero-order valence-corrected chi connectivity index (χ0v) is 84.1. The van der Waals surface area contributed by atoms with Crippen LogP contribution in [-0.2, 0) is 156 Å². The topological polar surface area (TPSA) is 588 Å². The summed E-state index contributed by atoms with van der Waals surface area (Å²) in [5.74, 6) is -15.9. The number of ether oxygens (including phenoxy) is 18. The highest BCUT2D eigenvalue weighted by atomic mass is 35.6. The first kappa shape index (κ1) is 117. The van der Waals surface area contributed by atoms with Gasteiger partial charge in [-0.15, -0.1) is 0 Å². The number of aliphatic hydroxyl groups excluding tert-OH is 1. The third kappa shape index (κ3) is 37.5. The van der Waals surface area contributed by atoms with Gasteiger partial charge in [-0.05, 0) is 53.1 Å². The van der Waals surface area contributed by atoms with E-state index in [1.807, 2.05) is 48.5 Å². The van der Waals surface area contributed by atoms with Crippen molar-refractivity contribution >= 4 is 200 Å². The summed E-state index contributed by atoms with van der Waals surface area (Å²) in [4.78, 5) is 222. The van der Waals surface area contributed by atoms with Crippen molar-refractivity contribution in [3.63, 3.8) is 0 Å². The zero-order chi connectivity index (χ0) is 105. The van der Waals surface area contributed by atoms with Gasteiger partial charge in [-0.1, -0.05) is 227 Å². The molecule has 4 aromatic carbocycles. The number of alkyl halides is 9. The minimum atomic E-state index is -2.38. The fraction of sp³-hybridized carbons (Fsp3) is 0.545. The third-order valence-electron chi connectivity index (χ3n) is 20.9. The SMILES string of the molecule is CC(=O)O[C@@H]1[C@@H](NC(=O)OCC(Cl)(Cl)Cl)[C@H](OC[C@H]2O[C@@H](OC[C@H]3O[C@@H](OC[C@H](NC(=O)[C@@H](NC(=O)[C@H](C)NC(=O)[C@H](COCc4ccccc4)NC(=O)OCC4c5ccccc5-c5ccccc54)C(C)C)C(=O)N[C@@H](COCc4ccccc4)C(=O)N[C@@H](C)C(=O)O)[C@H](NC(=O)OCC(Cl)(Cl)Cl)[C@@H](OC(C)=O)[C@@H]3OC(C)=O)[C@H](NC(=O)OCC(Cl)(Cl)Cl)[C@@H](OC(C)=O)[C@@H]2OC(C)=O)O[C@H](CO)[C@H]1OC(C)=O. The third-order valence-corrected chi connectivity index (χ3v) is 21.9. The van der Waals surface area contributed by atoms with Gasteiger partial charge in [0, 0.05) is 47.5 Å². The molecule has 0 radical (unpaired) electrons. The number of esters is 6. The molecule has 0 spiro atoms. The van der Waals surface area contributed by atoms with Crippen LogP contribution in [0.4, 0.5) is 19.2 Å². The van der Waals surface area contributed by atoms with Crippen LogP contribution in [0.1, 0.15) is 97.4 Å². The Kier molecular flexibility index (Phi) is 45.6. The Morgan fingerprint density at radius 2 is 0.690 bits per heavy atom. The second-order valence-electron chi connectivity index (χ2n) is 32.5. The molecule has 21 atom stereocenters. The number of aliphatic hydroxyl groups is 1. The average molecular weight is 2180 g/mol. The van der Waals surface area contributed by atoms with E-state index in [-0.39, 0.29) is 19.8 Å². The van der Waals surface area contributed by atoms with Crippen molar-refractivity contribution in [1.82, 2.24) is 47.9 Å². The number of rotatable bonds is 45. The van der Waals surface area contributed by atoms with Crippen molar-refractivity contribution in [2.24, 2.45) is 5.92 Å². The lowest BCUT2D eigenvalue weighted by Crippen LogP contribution is -2.69. The summed E-state index contributed by atoms with van der Waals surface area (Å²) in [6, 6.07) is 15.2. The van der Waals surface area contributed by atoms with E-state index in [1.54, 1.807) is 60.7 Å². The van der Waals surface area contributed by atoms with Gasteiger partial charge in [0.1, 0.15) is 99.1 Å². The molecule has 3 saturated heterocycles. The molecular formula is C88H106Cl9N9O36. The number of carboxylic acids is 1. The summed E-state index contributed by atoms with van der Waals surface area (Å²) in [6.45, 7) is 1.00. The number of aliphatic carboxylic acids is 1. The van der Waals surface area contributed by atoms with Crippen LogP contribution in [0.5, 0.6) is 0 Å². The van der Waals surface area contributed by atoms with E-state index in [1.165, 1.54) is 20.8 Å². The summed E-state index contributed by atoms with van der Waals surface area (Å²) < 4.78 is 98.5. The molecule has 142 heavy (non-hydrogen) atoms. The lowest BCUT2D eigenvalue weighted by molar-refractivity contribution is -0.318. The fourth-order valence-corrected chi connectivity index (χ4v) is 15.2. The largest absolute Gasteiger partial charge is 0.480 e. The lowest BCUT2D eigenvalue weighted by Gasteiger charge is -2.48. The number of hydrogen-bond donors (Lipinski definition) is 11. The smallest absolute Gasteiger partial charge is 0.407 e. The first-order valence-corrected chi connectivity index (χ1v) is 46.8. The fourth-order valence-electron chi connectivity index (χ4n) is 14.7. The van der Waals surface area contributed by atoms with Gasteiger partial charge in [-0.25, -0.2) is 19.2 Å². The number of hydrogen-bond acceptors (Lipinski definition) is 35. The molecular weight excluding hydrogens is 2080 g/mol. The van der Waals surface area contributed by atoms with Crippen LogP contribution in [0.25, 0.3) is 11.1 Å². The van der Waals surface area contributed by atoms with Crippen molar-refractivity contribution in [1.29, 1.82) is 0 Å². The van der Waals surface area contributed by atoms with Gasteiger partial charge in [0.05, 0.1) is 52.9 Å². The number of benzene rings is 4. The van der Waals surface area contributed by atoms with Gasteiger partial charge in [0.25, 0.3) is 0 Å². The number of alkyl carbamates (subject to hydrolysis) is 4. The van der Waals surface area contributed by atoms with Crippen LogP contribution in [0.3, 0.4) is 0 Å². The maximum absolute atomic E-state index is 15.5. The van der Waals surface area contributed by atoms with E-state index in [2.05, 4.69) is 47.9 Å². The summed E-state index contributed by atoms with van der Waals surface area (Å²) in [7, 11) is 0. The van der Waals surface area contributed by atoms with Crippen LogP contribution >= 0.6 is 104 Å². The predicted octanol–water partition coefficient (Wildman–Crippen LogP) is 5.73. The van der Waals surface area contributed by atoms with Gasteiger partial charge >= 0.3 is 66.2 Å². The Bertz CT molecular complexity index is 4970. The highest BCUT2D eigenvalue weighted by molar-refractivity contribution is 6.68. The van der Waals surface area contributed by atoms with Crippen LogP contribution in [0.2, 0.25) is 0 Å². The number of amides is 9. The molecule has 9 amide bonds. The molecule has 0 aromatic heterocycles. The van der Waals surface area contributed by atoms with Crippen molar-refractivity contribution in [3.05, 3.63) is 131 Å². The van der Waals surface area contributed by atoms with Crippen molar-refractivity contribution in [3.8, 4) is 11.1 Å². The molecule has 4 aliphatic rings. The predicted molar refractivity (Wildman–Crippen MR) is 498 cm³/mol. The monoisotopic (exact) mass is 2180 g/mol. The first-order chi connectivity index (χ1) is 66.9. The van der Waals surface area contributed by atoms with Crippen LogP contribution in [-0.4, -0.2) is 312 Å². The van der Waals surface area contributed by atoms with E-state index < -0.39 is 307 Å². The standard InChI is InChI=1S/C88H106Cl9N9O36/c1-41(2)63(103-73(114)42(3)98-75(116)58(34-126-31-51-23-15-12-16-24-51)102-82(121)130-32-56-54-27-19-17-25-52(54)53-26-18-20-28-55(53)56)77(118)101-59(76(117)100-57(74(115)99-43(4)78(119)120)33-125-30-50-21-13-11-14-22-50)35-127-79-65(105-84(123)132-39-87(92,93)94)71(138-48(9)112)68(135-45(6)109)61(141-79)37-129-81-66(106-85(124)133-40-88(95,96)97)72(139-49(10)113)69(136-46(7)110)62(142-81)36-128-80-64(104-83(122)131-38-86(89,90)91)70(137-47(8)111)67(134-44(5)108)60(29-107)140-80/h11-28,41-43,56-72,79-81,107H,29-40H2,1-10H3,(H,98,116)(H,99,115)(H,100,117)(H,101,118)(H,102,121)(H,103,114)(H,104,122)(H,105,123)(H,106,124)(H,119,120)/t42-,43-,57-,58-,59-,60+,61+,62+,63-,64+,65+,66+,67+,68+,69+,70+,71+,72+,79+,80+,81+/m0/s1. The number of halogens is 9. The molecule has 4 aromatic rings. The summed E-state index contributed by atoms with van der Waals surface area (Å²) in [5.41, 5.74) is 4.88. The second kappa shape index (κ2) is 55.2. The van der Waals surface area contributed by atoms with E-state index in [4.69, 9.17) is 190 Å². The molecule has 45 nitrogen and oxygen atoms in total. The van der Waals surface area contributed by atoms with Crippen LogP contribution in [0, 0.1) is 5.92 Å². The Morgan fingerprint density at radius 1 is 0.359 bits per heavy atom. The number of fused-ring (bicyclic) bond motifs is 3. The van der Waals surface area contributed by atoms with Gasteiger partial charge < -0.3 is 143 Å². The summed E-state index contributed by atoms with van der Waals surface area (Å²) in [6.07, 6.45) is -30.5. The number of carbonyl (C=O) groups excluding carboxylic acids is 15. The minimum Gasteiger partial charge on any atom is -0.480 e. The van der Waals surface area contributed by atoms with E-state index in [0.717, 1.165) is 70.7 Å². The Labute approximate surface area is 857 Å². The molecule has 8 rings (SSSR count). The highest BCUT2D eigenvalue weighted by Gasteiger charge is 2.58. The van der Waals surface area contributed by atoms with E-state index in [0.29, 0.717) is 11.1 Å². The normalized spacial score (nSPS) is 22.8. The molecule has 3 heterocycles. The number of nitrogens with one attached hydrogen (secondary N) is 9. The van der Waals surface area contributed by atoms with Gasteiger partial charge in [-0.3, -0.25) is 57.5 Å². The maximum atomic E-state index is 15.5. The van der Waals surface area contributed by atoms with Gasteiger partial charge in [0.15, 0.2) is 55.5 Å². The summed E-state index contributed by atoms with van der Waals surface area (Å²) in [5, 5.41) is 42.4. The maximum Gasteiger partial charge on any atom is 0.407 e. The molecule has 782 valence electrons. The zero-order valence-electron chi connectivity index (χ0n) is 77.3. The van der Waals surface area contributed by atoms with E-state index >= 15 is 9.59 Å². The molecule has 54 heteroatoms. The molecule has 0 unspecified atom stereocenters. The number of carbonyl (C=O) groups is 16. The van der Waals surface area contributed by atoms with Crippen LogP contribution in [0.15, 0.2) is 109 Å². The molecule has 0 bridgehead atoms. The average Bonchev–Trinajstić information content (AvgIpc) is 1.63. The van der Waals surface area contributed by atoms with Gasteiger partial charge in [0.2, 0.25) is 40.9 Å². The van der Waals surface area contributed by atoms with Gasteiger partial charge in [-0.2, -0.15) is 0 Å². The molecule has 3 fully saturated rings. The molecule has 1 aliphatic carbocycles. The van der Waals surface area contributed by atoms with E-state index in [9.17, 15) is 77.3 Å². The molecule has 11 N–H and O–H groups in total. The minimum absolute atomic E-state index is 0.0503. The van der Waals surface area contributed by atoms with Crippen LogP contribution < -0.4 is 47.9 Å². The second-order valence-corrected chi connectivity index (χ2v) is 40.1.